The minimum absolute atomic E-state index is 0.0202. The van der Waals surface area contributed by atoms with Gasteiger partial charge in [0.05, 0.1) is 48.0 Å². The first-order chi connectivity index (χ1) is 35.0. The van der Waals surface area contributed by atoms with Crippen molar-refractivity contribution in [2.75, 3.05) is 54.6 Å². The van der Waals surface area contributed by atoms with E-state index in [1.54, 1.807) is 6.07 Å². The largest absolute Gasteiger partial charge is 0.400 e. The van der Waals surface area contributed by atoms with Gasteiger partial charge in [-0.05, 0) is 69.0 Å². The predicted molar refractivity (Wildman–Crippen MR) is 273 cm³/mol. The Morgan fingerprint density at radius 1 is 0.849 bits per heavy atom. The number of hydrogen-bond acceptors (Lipinski definition) is 20. The fourth-order valence-corrected chi connectivity index (χ4v) is 6.59. The van der Waals surface area contributed by atoms with Crippen LogP contribution < -0.4 is 66.2 Å². The zero-order valence-corrected chi connectivity index (χ0v) is 41.0. The zero-order valence-electron chi connectivity index (χ0n) is 41.0. The van der Waals surface area contributed by atoms with Crippen molar-refractivity contribution in [3.8, 4) is 0 Å². The van der Waals surface area contributed by atoms with Crippen molar-refractivity contribution in [1.29, 1.82) is 0 Å². The van der Waals surface area contributed by atoms with Crippen LogP contribution in [-0.2, 0) is 35.3 Å². The minimum atomic E-state index is -1.04. The Hall–Kier alpha value is -8.85. The van der Waals surface area contributed by atoms with Crippen molar-refractivity contribution in [3.05, 3.63) is 77.1 Å². The van der Waals surface area contributed by atoms with E-state index in [9.17, 15) is 38.4 Å². The molecule has 2 aromatic carbocycles. The fraction of sp³-hybridized carbons (Fsp3) is 0.370. The highest BCUT2D eigenvalue weighted by atomic mass is 16.2. The van der Waals surface area contributed by atoms with E-state index < -0.39 is 35.7 Å². The van der Waals surface area contributed by atoms with E-state index in [0.29, 0.717) is 42.4 Å². The molecule has 2 atom stereocenters. The number of amidine groups is 1. The summed E-state index contributed by atoms with van der Waals surface area (Å²) in [6.07, 6.45) is 7.92. The number of unbranched alkanes of at least 4 members (excludes halogenated alkanes) is 2. The molecular formula is C46H64N18O9. The van der Waals surface area contributed by atoms with Crippen LogP contribution >= 0.6 is 0 Å². The number of anilines is 5. The maximum absolute atomic E-state index is 13.3. The summed E-state index contributed by atoms with van der Waals surface area (Å²) < 4.78 is 0. The van der Waals surface area contributed by atoms with Gasteiger partial charge in [0.25, 0.3) is 23.6 Å². The summed E-state index contributed by atoms with van der Waals surface area (Å²) in [4.78, 5) is 117. The van der Waals surface area contributed by atoms with Gasteiger partial charge in [-0.2, -0.15) is 9.97 Å². The number of nitrogen functional groups attached to an aromatic ring is 3. The predicted octanol–water partition coefficient (Wildman–Crippen LogP) is -0.561. The van der Waals surface area contributed by atoms with Crippen LogP contribution in [0.2, 0.25) is 0 Å². The van der Waals surface area contributed by atoms with Crippen molar-refractivity contribution < 1.29 is 43.5 Å². The van der Waals surface area contributed by atoms with Crippen LogP contribution in [0.4, 0.5) is 28.8 Å². The number of amides is 7. The van der Waals surface area contributed by atoms with Crippen LogP contribution in [-0.4, -0.2) is 122 Å². The minimum Gasteiger partial charge on any atom is -0.400 e. The second kappa shape index (κ2) is 30.0. The maximum atomic E-state index is 13.3. The molecule has 27 heteroatoms. The lowest BCUT2D eigenvalue weighted by Crippen LogP contribution is -2.45. The third-order valence-electron chi connectivity index (χ3n) is 10.1. The molecule has 0 radical (unpaired) electrons. The van der Waals surface area contributed by atoms with Crippen molar-refractivity contribution in [2.24, 2.45) is 16.7 Å². The Kier molecular flexibility index (Phi) is 24.0. The highest BCUT2D eigenvalue weighted by molar-refractivity contribution is 6.13. The number of aliphatic hydroxyl groups is 1. The molecule has 392 valence electrons. The summed E-state index contributed by atoms with van der Waals surface area (Å²) in [5.74, 6) is 1.72. The number of benzene rings is 2. The molecule has 73 heavy (non-hydrogen) atoms. The number of aromatic nitrogens is 4. The quantitative estimate of drug-likeness (QED) is 0.00611. The molecule has 0 spiro atoms. The number of hydrogen-bond donors (Lipinski definition) is 13. The summed E-state index contributed by atoms with van der Waals surface area (Å²) in [6, 6.07) is 6.85. The van der Waals surface area contributed by atoms with E-state index in [2.05, 4.69) is 76.3 Å². The lowest BCUT2D eigenvalue weighted by atomic mass is 10.0. The standard InChI is InChI=1S/C42H52N18O8.C3H8.CH4O/c1-22(52-32(63)20-50-31(62)7-3-2-4-15-60-33(64)12-13-34(60)65)39(66)54-24-9-10-27(28(17-24)36(44)58-59-47)41(68)48-14-5-6-25(21-61)55-40(67)23-8-11-30(29(43)16-23)49-18-26-19-51-38-35(53-26)37(45)56-42(46)57-38;1-3-2;1-2/h8-13,16-17,19,21-22,25,49,59H,2-7,14-15,18,20,43,47H2,1H3,(H2,44,58)(H,48,68)(H,50,62)(H,52,63)(H,54,66)(H,55,67)(H4,45,46,51,56,57);3H2,1-2H3;2H,1H3. The molecule has 2 unspecified atom stereocenters. The summed E-state index contributed by atoms with van der Waals surface area (Å²) in [7, 11) is 1.00. The summed E-state index contributed by atoms with van der Waals surface area (Å²) in [5, 5.41) is 26.9. The Morgan fingerprint density at radius 3 is 2.23 bits per heavy atom. The van der Waals surface area contributed by atoms with E-state index in [4.69, 9.17) is 33.9 Å². The average molecular weight is 1010 g/mol. The van der Waals surface area contributed by atoms with Gasteiger partial charge in [-0.25, -0.2) is 21.3 Å². The Morgan fingerprint density at radius 2 is 1.56 bits per heavy atom. The normalized spacial score (nSPS) is 12.5. The summed E-state index contributed by atoms with van der Waals surface area (Å²) in [6.45, 7) is 5.86. The van der Waals surface area contributed by atoms with E-state index in [-0.39, 0.29) is 114 Å². The zero-order chi connectivity index (χ0) is 54.0. The summed E-state index contributed by atoms with van der Waals surface area (Å²) >= 11 is 0. The van der Waals surface area contributed by atoms with Gasteiger partial charge in [0.15, 0.2) is 22.8 Å². The average Bonchev–Trinajstić information content (AvgIpc) is 3.69. The number of nitrogens with two attached hydrogens (primary N) is 5. The smallest absolute Gasteiger partial charge is 0.253 e. The molecule has 27 nitrogen and oxygen atoms in total. The SMILES string of the molecule is CC(NC(=O)CNC(=O)CCCCCN1C(=O)C=CC1=O)C(=O)Nc1ccc(C(=O)NCCCC(C=O)NC(=O)c2ccc(NCc3cnc4nc(N)nc(N)c4n3)c(N)c2)c(/C(N)=N/NN)c1.CCC.CO. The molecule has 7 amide bonds. The molecule has 1 aliphatic heterocycles. The first kappa shape index (κ1) is 58.5. The summed E-state index contributed by atoms with van der Waals surface area (Å²) in [5.41, 5.74) is 28.3. The van der Waals surface area contributed by atoms with E-state index in [0.717, 1.165) is 12.0 Å². The molecule has 18 N–H and O–H groups in total. The van der Waals surface area contributed by atoms with Gasteiger partial charge < -0.3 is 64.7 Å². The van der Waals surface area contributed by atoms with Gasteiger partial charge in [-0.1, -0.05) is 26.7 Å². The van der Waals surface area contributed by atoms with Crippen LogP contribution in [0.15, 0.2) is 59.8 Å². The number of aliphatic hydroxyl groups excluding tert-OH is 1. The molecule has 0 aliphatic carbocycles. The number of carbonyl (C=O) groups is 8. The number of imide groups is 1. The molecule has 5 rings (SSSR count). The molecule has 0 bridgehead atoms. The number of nitrogens with zero attached hydrogens (tertiary/aromatic N) is 6. The van der Waals surface area contributed by atoms with Gasteiger partial charge in [0.1, 0.15) is 12.3 Å². The number of rotatable bonds is 24. The molecular weight excluding hydrogens is 949 g/mol. The van der Waals surface area contributed by atoms with Crippen LogP contribution in [0.25, 0.3) is 11.2 Å². The van der Waals surface area contributed by atoms with Crippen LogP contribution in [0.3, 0.4) is 0 Å². The van der Waals surface area contributed by atoms with Crippen LogP contribution in [0, 0.1) is 0 Å². The van der Waals surface area contributed by atoms with E-state index >= 15 is 0 Å². The van der Waals surface area contributed by atoms with Gasteiger partial charge in [-0.15, -0.1) is 5.10 Å². The Bertz CT molecular complexity index is 2650. The number of fused-ring (bicyclic) bond motifs is 1. The monoisotopic (exact) mass is 1010 g/mol. The number of hydrazone groups is 1. The Labute approximate surface area is 420 Å². The lowest BCUT2D eigenvalue weighted by molar-refractivity contribution is -0.137. The van der Waals surface area contributed by atoms with Crippen molar-refractivity contribution in [2.45, 2.75) is 84.3 Å². The second-order valence-corrected chi connectivity index (χ2v) is 15.9. The maximum Gasteiger partial charge on any atom is 0.253 e. The molecule has 0 saturated carbocycles. The molecule has 3 heterocycles. The first-order valence-electron chi connectivity index (χ1n) is 23.0. The van der Waals surface area contributed by atoms with Gasteiger partial charge in [0, 0.05) is 55.6 Å². The second-order valence-electron chi connectivity index (χ2n) is 15.9. The number of aldehydes is 1. The third-order valence-corrected chi connectivity index (χ3v) is 10.1. The van der Waals surface area contributed by atoms with Crippen molar-refractivity contribution >= 4 is 93.5 Å². The van der Waals surface area contributed by atoms with E-state index in [1.165, 1.54) is 62.0 Å². The lowest BCUT2D eigenvalue weighted by Gasteiger charge is -2.17. The van der Waals surface area contributed by atoms with Gasteiger partial charge >= 0.3 is 0 Å². The van der Waals surface area contributed by atoms with Crippen molar-refractivity contribution in [3.63, 3.8) is 0 Å². The number of carbonyl (C=O) groups excluding carboxylic acids is 8. The molecule has 0 fully saturated rings. The highest BCUT2D eigenvalue weighted by Gasteiger charge is 2.23. The molecule has 2 aromatic heterocycles. The number of hydrazine groups is 1. The molecule has 4 aromatic rings. The van der Waals surface area contributed by atoms with Gasteiger partial charge in [0.2, 0.25) is 23.7 Å². The molecule has 1 aliphatic rings. The van der Waals surface area contributed by atoms with Gasteiger partial charge in [-0.3, -0.25) is 38.5 Å². The van der Waals surface area contributed by atoms with E-state index in [1.807, 2.05) is 0 Å². The Balaban J connectivity index is 0.00000271. The first-order valence-corrected chi connectivity index (χ1v) is 23.0. The van der Waals surface area contributed by atoms with Crippen LogP contribution in [0.5, 0.6) is 0 Å². The topological polar surface area (TPSA) is 438 Å². The van der Waals surface area contributed by atoms with Crippen LogP contribution in [0.1, 0.15) is 97.7 Å². The fourth-order valence-electron chi connectivity index (χ4n) is 6.59. The number of nitrogens with one attached hydrogen (secondary N) is 7. The third kappa shape index (κ3) is 18.4. The van der Waals surface area contributed by atoms with Crippen molar-refractivity contribution in [1.82, 2.24) is 51.6 Å². The highest BCUT2D eigenvalue weighted by Crippen LogP contribution is 2.22. The molecule has 0 saturated heterocycles.